The summed E-state index contributed by atoms with van der Waals surface area (Å²) < 4.78 is 0. The number of carbonyl (C=O) groups is 6. The molecule has 0 spiro atoms. The summed E-state index contributed by atoms with van der Waals surface area (Å²) in [4.78, 5) is 82.1. The zero-order valence-electron chi connectivity index (χ0n) is 21.9. The highest BCUT2D eigenvalue weighted by atomic mass is 16.3. The largest absolute Gasteiger partial charge is 0.506 e. The van der Waals surface area contributed by atoms with Gasteiger partial charge < -0.3 is 26.2 Å². The summed E-state index contributed by atoms with van der Waals surface area (Å²) in [6, 6.07) is 0.306. The number of nitrogens with one attached hydrogen (secondary N) is 1. The van der Waals surface area contributed by atoms with Crippen molar-refractivity contribution in [3.63, 3.8) is 0 Å². The Labute approximate surface area is 219 Å². The number of hydrogen-bond donors (Lipinski definition) is 4. The van der Waals surface area contributed by atoms with Gasteiger partial charge in [0.15, 0.2) is 34.7 Å². The first-order valence-electron chi connectivity index (χ1n) is 12.4. The fourth-order valence-corrected chi connectivity index (χ4v) is 6.48. The summed E-state index contributed by atoms with van der Waals surface area (Å²) >= 11 is 0. The minimum absolute atomic E-state index is 0.0460. The highest BCUT2D eigenvalue weighted by Gasteiger charge is 2.69. The fraction of sp³-hybridized carbons (Fsp3) is 0.538. The molecule has 0 radical (unpaired) electrons. The number of nitrogens with two attached hydrogens (primary N) is 1. The number of aliphatic hydroxyl groups is 1. The van der Waals surface area contributed by atoms with E-state index in [0.717, 1.165) is 0 Å². The first kappa shape index (κ1) is 27.4. The van der Waals surface area contributed by atoms with E-state index in [9.17, 15) is 39.0 Å². The predicted octanol–water partition coefficient (Wildman–Crippen LogP) is -1.32. The van der Waals surface area contributed by atoms with Crippen LogP contribution in [0.15, 0.2) is 6.07 Å². The summed E-state index contributed by atoms with van der Waals surface area (Å²) in [6.45, 7) is 1.97. The molecule has 3 aliphatic rings. The molecule has 3 aliphatic carbocycles. The Kier molecular flexibility index (Phi) is 6.69. The Morgan fingerprint density at radius 1 is 1.13 bits per heavy atom. The molecule has 38 heavy (non-hydrogen) atoms. The number of phenols is 1. The first-order valence-corrected chi connectivity index (χ1v) is 12.4. The number of phenolic OH excluding ortho intramolecular Hbond substituents is 1. The highest BCUT2D eigenvalue weighted by molar-refractivity contribution is 6.32. The summed E-state index contributed by atoms with van der Waals surface area (Å²) in [5.41, 5.74) is 3.08. The standard InChI is InChI=1S/C26H32N4O8/c1-6-28-25(37)12-9-14(29(2)3)11-7-10-8-13-18(30(4)5)21(33)17(24(27)36)23(35)26(13,38)22(34)15(10)20(32)16(11)19(12)31/h9-10,13,15,17-18,31,38H,6-8H2,1-5H3,(H2,27,36)(H,28,37)/t10-,13-,15?,17?,18-,26-/m0/s1. The lowest BCUT2D eigenvalue weighted by atomic mass is 9.52. The van der Waals surface area contributed by atoms with Crippen molar-refractivity contribution >= 4 is 40.6 Å². The van der Waals surface area contributed by atoms with Gasteiger partial charge in [-0.05, 0) is 51.4 Å². The molecule has 2 amide bonds. The van der Waals surface area contributed by atoms with Gasteiger partial charge in [-0.1, -0.05) is 0 Å². The van der Waals surface area contributed by atoms with Crippen LogP contribution in [-0.2, 0) is 25.6 Å². The number of likely N-dealkylation sites (N-methyl/N-ethyl adjacent to an activating group) is 1. The molecule has 0 aromatic heterocycles. The second kappa shape index (κ2) is 9.28. The van der Waals surface area contributed by atoms with Crippen molar-refractivity contribution in [1.82, 2.24) is 10.2 Å². The van der Waals surface area contributed by atoms with E-state index in [4.69, 9.17) is 5.73 Å². The van der Waals surface area contributed by atoms with Gasteiger partial charge in [-0.3, -0.25) is 33.7 Å². The molecule has 1 aromatic rings. The number of benzene rings is 1. The SMILES string of the molecule is CCNC(=O)c1cc(N(C)C)c2c(c1O)C(=O)C1C(=O)[C@]3(O)C(=O)C(C(N)=O)C(=O)[C@@H](N(C)C)[C@@H]3C[C@@H]1C2. The lowest BCUT2D eigenvalue weighted by Gasteiger charge is -2.52. The van der Waals surface area contributed by atoms with Crippen molar-refractivity contribution in [3.05, 3.63) is 22.8 Å². The second-order valence-corrected chi connectivity index (χ2v) is 10.7. The number of fused-ring (bicyclic) bond motifs is 3. The summed E-state index contributed by atoms with van der Waals surface area (Å²) in [7, 11) is 6.47. The molecule has 12 heteroatoms. The van der Waals surface area contributed by atoms with Crippen LogP contribution in [-0.4, -0.2) is 96.4 Å². The van der Waals surface area contributed by atoms with Gasteiger partial charge >= 0.3 is 0 Å². The molecule has 0 aliphatic heterocycles. The Morgan fingerprint density at radius 2 is 1.76 bits per heavy atom. The van der Waals surface area contributed by atoms with Crippen molar-refractivity contribution in [3.8, 4) is 5.75 Å². The molecular formula is C26H32N4O8. The molecular weight excluding hydrogens is 496 g/mol. The van der Waals surface area contributed by atoms with Gasteiger partial charge in [0, 0.05) is 32.2 Å². The van der Waals surface area contributed by atoms with Gasteiger partial charge in [-0.15, -0.1) is 0 Å². The third-order valence-electron chi connectivity index (χ3n) is 8.10. The van der Waals surface area contributed by atoms with E-state index >= 15 is 0 Å². The van der Waals surface area contributed by atoms with E-state index in [2.05, 4.69) is 5.32 Å². The fourth-order valence-electron chi connectivity index (χ4n) is 6.48. The van der Waals surface area contributed by atoms with E-state index in [1.165, 1.54) is 25.1 Å². The molecule has 6 atom stereocenters. The number of anilines is 1. The minimum atomic E-state index is -2.80. The molecule has 0 bridgehead atoms. The molecule has 1 aromatic carbocycles. The summed E-state index contributed by atoms with van der Waals surface area (Å²) in [5.74, 6) is -12.0. The van der Waals surface area contributed by atoms with E-state index in [1.807, 2.05) is 0 Å². The molecule has 2 unspecified atom stereocenters. The minimum Gasteiger partial charge on any atom is -0.506 e. The van der Waals surface area contributed by atoms with E-state index in [0.29, 0.717) is 11.3 Å². The lowest BCUT2D eigenvalue weighted by Crippen LogP contribution is -2.74. The van der Waals surface area contributed by atoms with Crippen LogP contribution in [0.2, 0.25) is 0 Å². The molecule has 0 heterocycles. The van der Waals surface area contributed by atoms with Gasteiger partial charge in [0.25, 0.3) is 5.91 Å². The number of hydrogen-bond acceptors (Lipinski definition) is 10. The van der Waals surface area contributed by atoms with Crippen LogP contribution in [0.25, 0.3) is 0 Å². The maximum atomic E-state index is 13.9. The number of amides is 2. The molecule has 2 saturated carbocycles. The van der Waals surface area contributed by atoms with Crippen LogP contribution in [0.4, 0.5) is 5.69 Å². The van der Waals surface area contributed by atoms with Crippen LogP contribution in [0.3, 0.4) is 0 Å². The van der Waals surface area contributed by atoms with Crippen LogP contribution in [0, 0.1) is 23.7 Å². The Hall–Kier alpha value is -3.64. The van der Waals surface area contributed by atoms with Gasteiger partial charge in [-0.2, -0.15) is 0 Å². The number of nitrogens with zero attached hydrogens (tertiary/aromatic N) is 2. The average molecular weight is 529 g/mol. The number of rotatable bonds is 5. The monoisotopic (exact) mass is 528 g/mol. The number of aromatic hydroxyl groups is 1. The topological polar surface area (TPSA) is 187 Å². The Bertz CT molecular complexity index is 1290. The van der Waals surface area contributed by atoms with Crippen LogP contribution < -0.4 is 16.0 Å². The van der Waals surface area contributed by atoms with Crippen molar-refractivity contribution in [2.24, 2.45) is 29.4 Å². The number of carbonyl (C=O) groups excluding carboxylic acids is 6. The maximum absolute atomic E-state index is 13.9. The van der Waals surface area contributed by atoms with E-state index < -0.39 is 76.0 Å². The zero-order valence-corrected chi connectivity index (χ0v) is 21.9. The Morgan fingerprint density at radius 3 is 2.29 bits per heavy atom. The van der Waals surface area contributed by atoms with Crippen molar-refractivity contribution in [1.29, 1.82) is 0 Å². The highest BCUT2D eigenvalue weighted by Crippen LogP contribution is 2.52. The summed E-state index contributed by atoms with van der Waals surface area (Å²) in [5, 5.41) is 25.3. The molecule has 204 valence electrons. The molecule has 12 nitrogen and oxygen atoms in total. The number of Topliss-reactive ketones (excluding diaryl/α,β-unsaturated/α-hetero) is 4. The van der Waals surface area contributed by atoms with Gasteiger partial charge in [-0.25, -0.2) is 0 Å². The third-order valence-corrected chi connectivity index (χ3v) is 8.10. The normalized spacial score (nSPS) is 30.4. The molecule has 4 rings (SSSR count). The maximum Gasteiger partial charge on any atom is 0.255 e. The smallest absolute Gasteiger partial charge is 0.255 e. The molecule has 2 fully saturated rings. The van der Waals surface area contributed by atoms with Gasteiger partial charge in [0.1, 0.15) is 5.75 Å². The second-order valence-electron chi connectivity index (χ2n) is 10.7. The van der Waals surface area contributed by atoms with Crippen molar-refractivity contribution in [2.45, 2.75) is 31.4 Å². The van der Waals surface area contributed by atoms with Crippen molar-refractivity contribution < 1.29 is 39.0 Å². The molecule has 5 N–H and O–H groups in total. The summed E-state index contributed by atoms with van der Waals surface area (Å²) in [6.07, 6.45) is 0.0676. The predicted molar refractivity (Wildman–Crippen MR) is 134 cm³/mol. The van der Waals surface area contributed by atoms with Gasteiger partial charge in [0.05, 0.1) is 23.1 Å². The quantitative estimate of drug-likeness (QED) is 0.334. The number of ketones is 4. The third kappa shape index (κ3) is 3.65. The van der Waals surface area contributed by atoms with E-state index in [1.54, 1.807) is 25.9 Å². The first-order chi connectivity index (χ1) is 17.7. The number of primary amides is 1. The van der Waals surface area contributed by atoms with Gasteiger partial charge in [0.2, 0.25) is 5.91 Å². The lowest BCUT2D eigenvalue weighted by molar-refractivity contribution is -0.181. The average Bonchev–Trinajstić information content (AvgIpc) is 2.81. The van der Waals surface area contributed by atoms with Crippen LogP contribution in [0.5, 0.6) is 5.75 Å². The van der Waals surface area contributed by atoms with E-state index in [-0.39, 0.29) is 30.5 Å². The van der Waals surface area contributed by atoms with Crippen LogP contribution >= 0.6 is 0 Å². The zero-order chi connectivity index (χ0) is 28.4. The van der Waals surface area contributed by atoms with Crippen LogP contribution in [0.1, 0.15) is 39.6 Å². The molecule has 0 saturated heterocycles. The van der Waals surface area contributed by atoms with Crippen molar-refractivity contribution in [2.75, 3.05) is 39.6 Å². The Balaban J connectivity index is 1.91.